The lowest BCUT2D eigenvalue weighted by molar-refractivity contribution is 0.0648. The lowest BCUT2D eigenvalue weighted by atomic mass is 10.1. The van der Waals surface area contributed by atoms with Crippen molar-refractivity contribution in [3.8, 4) is 16.9 Å². The molecule has 1 heterocycles. The second-order valence-electron chi connectivity index (χ2n) is 5.08. The SMILES string of the molecule is O=C(O)c1nn(-c2cccc(Cl)c2)c(-c2ccc(Br)cc2)c1C(=O)O. The van der Waals surface area contributed by atoms with Gasteiger partial charge in [-0.2, -0.15) is 5.10 Å². The Labute approximate surface area is 155 Å². The summed E-state index contributed by atoms with van der Waals surface area (Å²) in [6.07, 6.45) is 0. The molecular weight excluding hydrogens is 412 g/mol. The van der Waals surface area contributed by atoms with E-state index in [-0.39, 0.29) is 11.3 Å². The molecule has 126 valence electrons. The third-order valence-corrected chi connectivity index (χ3v) is 4.24. The molecule has 6 nitrogen and oxygen atoms in total. The highest BCUT2D eigenvalue weighted by atomic mass is 79.9. The number of rotatable bonds is 4. The molecule has 0 fully saturated rings. The molecule has 3 rings (SSSR count). The van der Waals surface area contributed by atoms with Crippen LogP contribution in [0.5, 0.6) is 0 Å². The summed E-state index contributed by atoms with van der Waals surface area (Å²) in [6, 6.07) is 13.4. The van der Waals surface area contributed by atoms with E-state index in [0.717, 1.165) is 4.47 Å². The number of aromatic carboxylic acids is 2. The summed E-state index contributed by atoms with van der Waals surface area (Å²) in [4.78, 5) is 23.2. The van der Waals surface area contributed by atoms with Crippen LogP contribution in [-0.4, -0.2) is 31.9 Å². The van der Waals surface area contributed by atoms with Crippen molar-refractivity contribution in [2.45, 2.75) is 0 Å². The number of hydrogen-bond donors (Lipinski definition) is 2. The molecule has 2 N–H and O–H groups in total. The van der Waals surface area contributed by atoms with Crippen LogP contribution in [0, 0.1) is 0 Å². The van der Waals surface area contributed by atoms with Crippen molar-refractivity contribution in [2.75, 3.05) is 0 Å². The second-order valence-corrected chi connectivity index (χ2v) is 6.43. The molecule has 1 aromatic heterocycles. The Morgan fingerprint density at radius 1 is 1.04 bits per heavy atom. The Kier molecular flexibility index (Phi) is 4.61. The quantitative estimate of drug-likeness (QED) is 0.653. The molecule has 2 aromatic carbocycles. The Hall–Kier alpha value is -2.64. The molecule has 0 aliphatic rings. The maximum absolute atomic E-state index is 11.7. The van der Waals surface area contributed by atoms with Gasteiger partial charge in [-0.1, -0.05) is 45.7 Å². The van der Waals surface area contributed by atoms with E-state index in [1.807, 2.05) is 0 Å². The number of carboxylic acid groups (broad SMARTS) is 2. The summed E-state index contributed by atoms with van der Waals surface area (Å²) < 4.78 is 2.09. The molecule has 0 aliphatic carbocycles. The molecule has 0 unspecified atom stereocenters. The minimum absolute atomic E-state index is 0.166. The van der Waals surface area contributed by atoms with E-state index in [1.54, 1.807) is 48.5 Å². The largest absolute Gasteiger partial charge is 0.478 e. The predicted molar refractivity (Wildman–Crippen MR) is 95.6 cm³/mol. The third kappa shape index (κ3) is 3.29. The van der Waals surface area contributed by atoms with Crippen LogP contribution in [0.1, 0.15) is 20.8 Å². The number of carboxylic acids is 2. The van der Waals surface area contributed by atoms with Gasteiger partial charge >= 0.3 is 11.9 Å². The highest BCUT2D eigenvalue weighted by molar-refractivity contribution is 9.10. The Bertz CT molecular complexity index is 983. The summed E-state index contributed by atoms with van der Waals surface area (Å²) in [5.74, 6) is -2.79. The molecule has 0 spiro atoms. The van der Waals surface area contributed by atoms with E-state index in [9.17, 15) is 19.8 Å². The zero-order valence-electron chi connectivity index (χ0n) is 12.5. The molecule has 3 aromatic rings. The van der Waals surface area contributed by atoms with Gasteiger partial charge in [0.1, 0.15) is 5.56 Å². The summed E-state index contributed by atoms with van der Waals surface area (Å²) in [6.45, 7) is 0. The smallest absolute Gasteiger partial charge is 0.357 e. The van der Waals surface area contributed by atoms with Gasteiger partial charge in [0.2, 0.25) is 0 Å². The summed E-state index contributed by atoms with van der Waals surface area (Å²) in [7, 11) is 0. The maximum atomic E-state index is 11.7. The highest BCUT2D eigenvalue weighted by Crippen LogP contribution is 2.31. The molecule has 0 aliphatic heterocycles. The number of halogens is 2. The van der Waals surface area contributed by atoms with Crippen LogP contribution in [0.2, 0.25) is 5.02 Å². The zero-order chi connectivity index (χ0) is 18.1. The van der Waals surface area contributed by atoms with Crippen LogP contribution < -0.4 is 0 Å². The zero-order valence-corrected chi connectivity index (χ0v) is 14.8. The Morgan fingerprint density at radius 3 is 2.28 bits per heavy atom. The normalized spacial score (nSPS) is 10.6. The molecule has 0 radical (unpaired) electrons. The van der Waals surface area contributed by atoms with Crippen LogP contribution >= 0.6 is 27.5 Å². The van der Waals surface area contributed by atoms with E-state index in [0.29, 0.717) is 16.3 Å². The lowest BCUT2D eigenvalue weighted by Crippen LogP contribution is -2.07. The first kappa shape index (κ1) is 17.2. The monoisotopic (exact) mass is 420 g/mol. The number of benzene rings is 2. The summed E-state index contributed by atoms with van der Waals surface area (Å²) >= 11 is 9.32. The standard InChI is InChI=1S/C17H10BrClN2O4/c18-10-6-4-9(5-7-10)15-13(16(22)23)14(17(24)25)20-21(15)12-3-1-2-11(19)8-12/h1-8H,(H,22,23)(H,24,25). The molecule has 0 bridgehead atoms. The van der Waals surface area contributed by atoms with Gasteiger partial charge in [0, 0.05) is 15.1 Å². The van der Waals surface area contributed by atoms with E-state index < -0.39 is 17.6 Å². The predicted octanol–water partition coefficient (Wildman–Crippen LogP) is 4.35. The van der Waals surface area contributed by atoms with Crippen molar-refractivity contribution in [3.63, 3.8) is 0 Å². The van der Waals surface area contributed by atoms with Crippen LogP contribution in [0.25, 0.3) is 16.9 Å². The van der Waals surface area contributed by atoms with Gasteiger partial charge in [0.25, 0.3) is 0 Å². The first-order valence-electron chi connectivity index (χ1n) is 7.00. The summed E-state index contributed by atoms with van der Waals surface area (Å²) in [5, 5.41) is 23.4. The van der Waals surface area contributed by atoms with Gasteiger partial charge < -0.3 is 10.2 Å². The topological polar surface area (TPSA) is 92.4 Å². The fraction of sp³-hybridized carbons (Fsp3) is 0. The van der Waals surface area contributed by atoms with Crippen LogP contribution in [0.4, 0.5) is 0 Å². The third-order valence-electron chi connectivity index (χ3n) is 3.47. The minimum atomic E-state index is -1.42. The fourth-order valence-electron chi connectivity index (χ4n) is 2.44. The molecule has 8 heteroatoms. The average Bonchev–Trinajstić information content (AvgIpc) is 2.96. The molecule has 25 heavy (non-hydrogen) atoms. The molecule has 0 atom stereocenters. The van der Waals surface area contributed by atoms with E-state index in [4.69, 9.17) is 11.6 Å². The number of hydrogen-bond acceptors (Lipinski definition) is 3. The molecular formula is C17H10BrClN2O4. The maximum Gasteiger partial charge on any atom is 0.357 e. The fourth-order valence-corrected chi connectivity index (χ4v) is 2.89. The van der Waals surface area contributed by atoms with Crippen molar-refractivity contribution >= 4 is 39.5 Å². The van der Waals surface area contributed by atoms with Crippen molar-refractivity contribution in [2.24, 2.45) is 0 Å². The van der Waals surface area contributed by atoms with Gasteiger partial charge in [-0.15, -0.1) is 0 Å². The van der Waals surface area contributed by atoms with Crippen molar-refractivity contribution < 1.29 is 19.8 Å². The van der Waals surface area contributed by atoms with E-state index in [2.05, 4.69) is 21.0 Å². The summed E-state index contributed by atoms with van der Waals surface area (Å²) in [5.41, 5.74) is 0.223. The average molecular weight is 422 g/mol. The van der Waals surface area contributed by atoms with Gasteiger partial charge in [0.05, 0.1) is 11.4 Å². The number of carbonyl (C=O) groups is 2. The highest BCUT2D eigenvalue weighted by Gasteiger charge is 2.29. The van der Waals surface area contributed by atoms with E-state index >= 15 is 0 Å². The van der Waals surface area contributed by atoms with Gasteiger partial charge in [0.15, 0.2) is 5.69 Å². The Morgan fingerprint density at radius 2 is 1.72 bits per heavy atom. The number of aromatic nitrogens is 2. The second kappa shape index (κ2) is 6.70. The lowest BCUT2D eigenvalue weighted by Gasteiger charge is -2.09. The van der Waals surface area contributed by atoms with Crippen LogP contribution in [0.15, 0.2) is 53.0 Å². The van der Waals surface area contributed by atoms with Crippen molar-refractivity contribution in [1.82, 2.24) is 9.78 Å². The van der Waals surface area contributed by atoms with Gasteiger partial charge in [-0.3, -0.25) is 0 Å². The van der Waals surface area contributed by atoms with Crippen molar-refractivity contribution in [1.29, 1.82) is 0 Å². The van der Waals surface area contributed by atoms with Crippen LogP contribution in [0.3, 0.4) is 0 Å². The minimum Gasteiger partial charge on any atom is -0.478 e. The molecule has 0 saturated heterocycles. The van der Waals surface area contributed by atoms with Gasteiger partial charge in [-0.05, 0) is 30.3 Å². The molecule has 0 amide bonds. The first-order chi connectivity index (χ1) is 11.9. The number of nitrogens with zero attached hydrogens (tertiary/aromatic N) is 2. The molecule has 0 saturated carbocycles. The van der Waals surface area contributed by atoms with Crippen molar-refractivity contribution in [3.05, 3.63) is 69.3 Å². The van der Waals surface area contributed by atoms with Crippen LogP contribution in [-0.2, 0) is 0 Å². The van der Waals surface area contributed by atoms with E-state index in [1.165, 1.54) is 4.68 Å². The first-order valence-corrected chi connectivity index (χ1v) is 8.17. The Balaban J connectivity index is 2.37. The van der Waals surface area contributed by atoms with Gasteiger partial charge in [-0.25, -0.2) is 14.3 Å².